The second-order valence-electron chi connectivity index (χ2n) is 5.19. The Morgan fingerprint density at radius 1 is 1.14 bits per heavy atom. The fourth-order valence-electron chi connectivity index (χ4n) is 2.49. The van der Waals surface area contributed by atoms with Crippen molar-refractivity contribution in [3.05, 3.63) is 46.1 Å². The van der Waals surface area contributed by atoms with Gasteiger partial charge in [-0.1, -0.05) is 23.2 Å². The molecule has 1 N–H and O–H groups in total. The second kappa shape index (κ2) is 8.23. The molecule has 1 aromatic heterocycles. The molecular formula is C16H18Cl3NO2. The van der Waals surface area contributed by atoms with Crippen molar-refractivity contribution in [1.82, 2.24) is 5.32 Å². The van der Waals surface area contributed by atoms with Crippen LogP contribution in [0.5, 0.6) is 0 Å². The van der Waals surface area contributed by atoms with Crippen LogP contribution in [-0.4, -0.2) is 19.3 Å². The van der Waals surface area contributed by atoms with E-state index in [1.54, 1.807) is 6.07 Å². The molecule has 0 saturated carbocycles. The molecule has 1 unspecified atom stereocenters. The lowest BCUT2D eigenvalue weighted by Gasteiger charge is -2.09. The van der Waals surface area contributed by atoms with Crippen molar-refractivity contribution < 1.29 is 9.15 Å². The highest BCUT2D eigenvalue weighted by atomic mass is 35.5. The molecule has 1 aliphatic heterocycles. The fraction of sp³-hybridized carbons (Fsp3) is 0.375. The summed E-state index contributed by atoms with van der Waals surface area (Å²) in [7, 11) is 0. The van der Waals surface area contributed by atoms with Gasteiger partial charge in [0.15, 0.2) is 0 Å². The van der Waals surface area contributed by atoms with Crippen LogP contribution in [0.15, 0.2) is 34.7 Å². The van der Waals surface area contributed by atoms with Crippen LogP contribution >= 0.6 is 35.6 Å². The van der Waals surface area contributed by atoms with Crippen molar-refractivity contribution >= 4 is 35.6 Å². The summed E-state index contributed by atoms with van der Waals surface area (Å²) in [6.45, 7) is 2.43. The molecule has 0 bridgehead atoms. The van der Waals surface area contributed by atoms with Crippen molar-refractivity contribution in [3.63, 3.8) is 0 Å². The molecule has 6 heteroatoms. The van der Waals surface area contributed by atoms with E-state index in [1.165, 1.54) is 0 Å². The lowest BCUT2D eigenvalue weighted by atomic mass is 10.2. The number of hydrogen-bond donors (Lipinski definition) is 1. The van der Waals surface area contributed by atoms with Crippen LogP contribution < -0.4 is 5.32 Å². The van der Waals surface area contributed by atoms with Gasteiger partial charge in [0, 0.05) is 28.8 Å². The Labute approximate surface area is 146 Å². The molecule has 3 nitrogen and oxygen atoms in total. The van der Waals surface area contributed by atoms with Crippen LogP contribution in [0.25, 0.3) is 11.3 Å². The quantitative estimate of drug-likeness (QED) is 0.817. The minimum Gasteiger partial charge on any atom is -0.460 e. The first-order chi connectivity index (χ1) is 10.2. The highest BCUT2D eigenvalue weighted by Crippen LogP contribution is 2.28. The summed E-state index contributed by atoms with van der Waals surface area (Å²) in [6, 6.07) is 9.29. The van der Waals surface area contributed by atoms with Crippen LogP contribution in [0.3, 0.4) is 0 Å². The first-order valence-corrected chi connectivity index (χ1v) is 7.84. The van der Waals surface area contributed by atoms with Gasteiger partial charge in [-0.2, -0.15) is 0 Å². The van der Waals surface area contributed by atoms with Crippen molar-refractivity contribution in [2.75, 3.05) is 13.2 Å². The summed E-state index contributed by atoms with van der Waals surface area (Å²) >= 11 is 12.0. The Bertz CT molecular complexity index is 589. The average molecular weight is 363 g/mol. The molecule has 0 amide bonds. The third-order valence-electron chi connectivity index (χ3n) is 3.50. The molecular weight excluding hydrogens is 345 g/mol. The number of benzene rings is 1. The molecule has 22 heavy (non-hydrogen) atoms. The maximum Gasteiger partial charge on any atom is 0.134 e. The van der Waals surface area contributed by atoms with Gasteiger partial charge in [-0.3, -0.25) is 0 Å². The van der Waals surface area contributed by atoms with Crippen LogP contribution in [0.4, 0.5) is 0 Å². The molecule has 0 radical (unpaired) electrons. The summed E-state index contributed by atoms with van der Waals surface area (Å²) < 4.78 is 11.4. The summed E-state index contributed by atoms with van der Waals surface area (Å²) in [5.41, 5.74) is 0.887. The minimum absolute atomic E-state index is 0. The van der Waals surface area contributed by atoms with Gasteiger partial charge in [0.2, 0.25) is 0 Å². The summed E-state index contributed by atoms with van der Waals surface area (Å²) in [5.74, 6) is 1.66. The number of rotatable bonds is 5. The highest BCUT2D eigenvalue weighted by Gasteiger charge is 2.15. The second-order valence-corrected chi connectivity index (χ2v) is 6.06. The largest absolute Gasteiger partial charge is 0.460 e. The van der Waals surface area contributed by atoms with Crippen molar-refractivity contribution in [1.29, 1.82) is 0 Å². The average Bonchev–Trinajstić information content (AvgIpc) is 3.09. The minimum atomic E-state index is 0. The summed E-state index contributed by atoms with van der Waals surface area (Å²) in [4.78, 5) is 0. The van der Waals surface area contributed by atoms with Crippen molar-refractivity contribution in [3.8, 4) is 11.3 Å². The molecule has 3 rings (SSSR count). The topological polar surface area (TPSA) is 34.4 Å². The van der Waals surface area contributed by atoms with Crippen LogP contribution in [-0.2, 0) is 11.3 Å². The molecule has 1 fully saturated rings. The molecule has 1 atom stereocenters. The molecule has 1 aromatic carbocycles. The van der Waals surface area contributed by atoms with Crippen LogP contribution in [0.1, 0.15) is 18.6 Å². The van der Waals surface area contributed by atoms with Gasteiger partial charge in [-0.05, 0) is 43.2 Å². The maximum atomic E-state index is 6.01. The van der Waals surface area contributed by atoms with E-state index in [9.17, 15) is 0 Å². The van der Waals surface area contributed by atoms with E-state index in [4.69, 9.17) is 32.4 Å². The predicted molar refractivity (Wildman–Crippen MR) is 92.1 cm³/mol. The number of furan rings is 1. The molecule has 1 aliphatic rings. The summed E-state index contributed by atoms with van der Waals surface area (Å²) in [6.07, 6.45) is 2.63. The van der Waals surface area contributed by atoms with Gasteiger partial charge < -0.3 is 14.5 Å². The van der Waals surface area contributed by atoms with Crippen LogP contribution in [0.2, 0.25) is 10.0 Å². The predicted octanol–water partition coefficient (Wildman–Crippen LogP) is 4.94. The smallest absolute Gasteiger partial charge is 0.134 e. The molecule has 2 heterocycles. The van der Waals surface area contributed by atoms with Gasteiger partial charge in [0.1, 0.15) is 11.5 Å². The highest BCUT2D eigenvalue weighted by molar-refractivity contribution is 6.35. The number of ether oxygens (including phenoxy) is 1. The van der Waals surface area contributed by atoms with Gasteiger partial charge in [0.05, 0.1) is 12.6 Å². The Morgan fingerprint density at radius 3 is 2.59 bits per heavy atom. The Balaban J connectivity index is 0.00000176. The van der Waals surface area contributed by atoms with E-state index in [-0.39, 0.29) is 12.4 Å². The summed E-state index contributed by atoms with van der Waals surface area (Å²) in [5, 5.41) is 4.57. The van der Waals surface area contributed by atoms with Gasteiger partial charge in [0.25, 0.3) is 0 Å². The molecule has 2 aromatic rings. The number of halogens is 3. The molecule has 0 spiro atoms. The zero-order valence-corrected chi connectivity index (χ0v) is 14.3. The normalized spacial score (nSPS) is 17.5. The third kappa shape index (κ3) is 4.64. The lowest BCUT2D eigenvalue weighted by Crippen LogP contribution is -2.25. The van der Waals surface area contributed by atoms with Gasteiger partial charge in [-0.15, -0.1) is 12.4 Å². The lowest BCUT2D eigenvalue weighted by molar-refractivity contribution is 0.109. The van der Waals surface area contributed by atoms with E-state index < -0.39 is 0 Å². The maximum absolute atomic E-state index is 6.01. The van der Waals surface area contributed by atoms with Crippen molar-refractivity contribution in [2.24, 2.45) is 0 Å². The van der Waals surface area contributed by atoms with Crippen molar-refractivity contribution in [2.45, 2.75) is 25.5 Å². The fourth-order valence-corrected chi connectivity index (χ4v) is 3.01. The first-order valence-electron chi connectivity index (χ1n) is 7.08. The van der Waals surface area contributed by atoms with Crippen LogP contribution in [0, 0.1) is 0 Å². The SMILES string of the molecule is Cl.Clc1cc(Cl)cc(-c2ccc(CNCC3CCCO3)o2)c1. The standard InChI is InChI=1S/C16H17Cl2NO2.ClH/c17-12-6-11(7-13(18)8-12)16-4-3-15(21-16)10-19-9-14-2-1-5-20-14;/h3-4,6-8,14,19H,1-2,5,9-10H2;1H. The first kappa shape index (κ1) is 17.6. The molecule has 0 aliphatic carbocycles. The van der Waals surface area contributed by atoms with E-state index in [0.717, 1.165) is 43.1 Å². The third-order valence-corrected chi connectivity index (χ3v) is 3.94. The van der Waals surface area contributed by atoms with Gasteiger partial charge >= 0.3 is 0 Å². The zero-order valence-electron chi connectivity index (χ0n) is 12.0. The Hall–Kier alpha value is -0.710. The Morgan fingerprint density at radius 2 is 1.91 bits per heavy atom. The van der Waals surface area contributed by atoms with E-state index in [1.807, 2.05) is 24.3 Å². The number of hydrogen-bond acceptors (Lipinski definition) is 3. The monoisotopic (exact) mass is 361 g/mol. The van der Waals surface area contributed by atoms with E-state index >= 15 is 0 Å². The van der Waals surface area contributed by atoms with Gasteiger partial charge in [-0.25, -0.2) is 0 Å². The Kier molecular flexibility index (Phi) is 6.60. The van der Waals surface area contributed by atoms with E-state index in [2.05, 4.69) is 5.32 Å². The van der Waals surface area contributed by atoms with E-state index in [0.29, 0.717) is 22.7 Å². The number of nitrogens with one attached hydrogen (secondary N) is 1. The zero-order chi connectivity index (χ0) is 14.7. The molecule has 120 valence electrons. The molecule has 1 saturated heterocycles.